The zero-order chi connectivity index (χ0) is 13.5. The lowest BCUT2D eigenvalue weighted by atomic mass is 9.81. The molecular weight excluding hydrogens is 236 g/mol. The van der Waals surface area contributed by atoms with Crippen LogP contribution in [-0.4, -0.2) is 49.3 Å². The molecule has 3 nitrogen and oxygen atoms in total. The molecule has 2 rings (SSSR count). The number of hydrogen-bond acceptors (Lipinski definition) is 3. The maximum Gasteiger partial charge on any atom is 0.0478 e. The van der Waals surface area contributed by atoms with Gasteiger partial charge in [0.05, 0.1) is 0 Å². The highest BCUT2D eigenvalue weighted by atomic mass is 16.5. The van der Waals surface area contributed by atoms with Crippen molar-refractivity contribution in [3.8, 4) is 0 Å². The molecule has 1 N–H and O–H groups in total. The summed E-state index contributed by atoms with van der Waals surface area (Å²) in [6.07, 6.45) is 9.33. The Morgan fingerprint density at radius 2 is 1.84 bits per heavy atom. The molecule has 2 unspecified atom stereocenters. The SMILES string of the molecule is CCCOCCCN1C2CCCC1CC(NCC)C2. The van der Waals surface area contributed by atoms with Gasteiger partial charge < -0.3 is 10.1 Å². The lowest BCUT2D eigenvalue weighted by Crippen LogP contribution is -2.56. The van der Waals surface area contributed by atoms with Gasteiger partial charge in [-0.05, 0) is 45.1 Å². The van der Waals surface area contributed by atoms with Crippen LogP contribution in [0.2, 0.25) is 0 Å². The van der Waals surface area contributed by atoms with Gasteiger partial charge >= 0.3 is 0 Å². The van der Waals surface area contributed by atoms with Crippen molar-refractivity contribution < 1.29 is 4.74 Å². The van der Waals surface area contributed by atoms with E-state index in [2.05, 4.69) is 24.1 Å². The zero-order valence-corrected chi connectivity index (χ0v) is 12.9. The van der Waals surface area contributed by atoms with Gasteiger partial charge in [0.25, 0.3) is 0 Å². The molecular formula is C16H32N2O. The number of fused-ring (bicyclic) bond motifs is 2. The van der Waals surface area contributed by atoms with Crippen molar-refractivity contribution in [1.82, 2.24) is 10.2 Å². The van der Waals surface area contributed by atoms with E-state index in [0.717, 1.165) is 44.3 Å². The van der Waals surface area contributed by atoms with E-state index in [1.54, 1.807) is 0 Å². The number of piperidine rings is 2. The Morgan fingerprint density at radius 3 is 2.47 bits per heavy atom. The third-order valence-electron chi connectivity index (χ3n) is 4.67. The summed E-state index contributed by atoms with van der Waals surface area (Å²) in [6.45, 7) is 8.64. The number of hydrogen-bond donors (Lipinski definition) is 1. The Kier molecular flexibility index (Phi) is 6.62. The van der Waals surface area contributed by atoms with Gasteiger partial charge in [-0.25, -0.2) is 0 Å². The van der Waals surface area contributed by atoms with Crippen molar-refractivity contribution in [3.63, 3.8) is 0 Å². The van der Waals surface area contributed by atoms with Crippen molar-refractivity contribution in [1.29, 1.82) is 0 Å². The molecule has 112 valence electrons. The zero-order valence-electron chi connectivity index (χ0n) is 12.9. The first-order valence-electron chi connectivity index (χ1n) is 8.42. The first kappa shape index (κ1) is 15.3. The fourth-order valence-corrected chi connectivity index (χ4v) is 3.89. The summed E-state index contributed by atoms with van der Waals surface area (Å²) < 4.78 is 5.62. The predicted octanol–water partition coefficient (Wildman–Crippen LogP) is 2.80. The van der Waals surface area contributed by atoms with Crippen LogP contribution in [0, 0.1) is 0 Å². The van der Waals surface area contributed by atoms with Gasteiger partial charge in [0, 0.05) is 37.9 Å². The molecule has 0 aromatic carbocycles. The number of rotatable bonds is 8. The third kappa shape index (κ3) is 4.44. The van der Waals surface area contributed by atoms with E-state index in [1.165, 1.54) is 45.1 Å². The highest BCUT2D eigenvalue weighted by Gasteiger charge is 2.37. The molecule has 0 aliphatic carbocycles. The standard InChI is InChI=1S/C16H32N2O/c1-3-10-19-11-6-9-18-15-7-5-8-16(18)13-14(12-15)17-4-2/h14-17H,3-13H2,1-2H3. The van der Waals surface area contributed by atoms with Gasteiger partial charge in [0.1, 0.15) is 0 Å². The minimum Gasteiger partial charge on any atom is -0.381 e. The van der Waals surface area contributed by atoms with Crippen molar-refractivity contribution in [2.24, 2.45) is 0 Å². The monoisotopic (exact) mass is 268 g/mol. The summed E-state index contributed by atoms with van der Waals surface area (Å²) in [4.78, 5) is 2.80. The van der Waals surface area contributed by atoms with Gasteiger partial charge in [-0.15, -0.1) is 0 Å². The average molecular weight is 268 g/mol. The first-order chi connectivity index (χ1) is 9.35. The Labute approximate surface area is 119 Å². The summed E-state index contributed by atoms with van der Waals surface area (Å²) in [5, 5.41) is 3.67. The average Bonchev–Trinajstić information content (AvgIpc) is 2.39. The predicted molar refractivity (Wildman–Crippen MR) is 80.6 cm³/mol. The van der Waals surface area contributed by atoms with Crippen LogP contribution in [0.1, 0.15) is 58.8 Å². The van der Waals surface area contributed by atoms with Gasteiger partial charge in [-0.3, -0.25) is 4.90 Å². The molecule has 2 atom stereocenters. The molecule has 0 saturated carbocycles. The Balaban J connectivity index is 1.74. The van der Waals surface area contributed by atoms with Gasteiger partial charge in [-0.2, -0.15) is 0 Å². The highest BCUT2D eigenvalue weighted by molar-refractivity contribution is 4.94. The maximum absolute atomic E-state index is 5.62. The molecule has 0 aromatic rings. The Morgan fingerprint density at radius 1 is 1.11 bits per heavy atom. The molecule has 2 saturated heterocycles. The second kappa shape index (κ2) is 8.23. The molecule has 2 aliphatic heterocycles. The number of nitrogens with one attached hydrogen (secondary N) is 1. The topological polar surface area (TPSA) is 24.5 Å². The van der Waals surface area contributed by atoms with Crippen LogP contribution in [-0.2, 0) is 4.74 Å². The van der Waals surface area contributed by atoms with Gasteiger partial charge in [0.2, 0.25) is 0 Å². The highest BCUT2D eigenvalue weighted by Crippen LogP contribution is 2.34. The smallest absolute Gasteiger partial charge is 0.0478 e. The van der Waals surface area contributed by atoms with Crippen molar-refractivity contribution in [2.75, 3.05) is 26.3 Å². The number of nitrogens with zero attached hydrogens (tertiary/aromatic N) is 1. The molecule has 2 aliphatic rings. The van der Waals surface area contributed by atoms with Gasteiger partial charge in [-0.1, -0.05) is 20.3 Å². The molecule has 2 bridgehead atoms. The molecule has 0 radical (unpaired) electrons. The lowest BCUT2D eigenvalue weighted by Gasteiger charge is -2.49. The summed E-state index contributed by atoms with van der Waals surface area (Å²) in [6, 6.07) is 2.44. The Bertz CT molecular complexity index is 233. The minimum absolute atomic E-state index is 0.771. The molecule has 0 spiro atoms. The van der Waals surface area contributed by atoms with Crippen LogP contribution in [0.4, 0.5) is 0 Å². The van der Waals surface area contributed by atoms with Crippen molar-refractivity contribution in [3.05, 3.63) is 0 Å². The quantitative estimate of drug-likeness (QED) is 0.685. The second-order valence-corrected chi connectivity index (χ2v) is 6.17. The van der Waals surface area contributed by atoms with Crippen molar-refractivity contribution in [2.45, 2.75) is 76.9 Å². The summed E-state index contributed by atoms with van der Waals surface area (Å²) in [5.41, 5.74) is 0. The van der Waals surface area contributed by atoms with E-state index in [9.17, 15) is 0 Å². The second-order valence-electron chi connectivity index (χ2n) is 6.17. The van der Waals surface area contributed by atoms with E-state index >= 15 is 0 Å². The summed E-state index contributed by atoms with van der Waals surface area (Å²) in [5.74, 6) is 0. The van der Waals surface area contributed by atoms with Gasteiger partial charge in [0.15, 0.2) is 0 Å². The van der Waals surface area contributed by atoms with Crippen LogP contribution >= 0.6 is 0 Å². The van der Waals surface area contributed by atoms with Crippen LogP contribution in [0.5, 0.6) is 0 Å². The van der Waals surface area contributed by atoms with E-state index in [4.69, 9.17) is 4.74 Å². The van der Waals surface area contributed by atoms with E-state index < -0.39 is 0 Å². The molecule has 0 amide bonds. The normalized spacial score (nSPS) is 31.6. The van der Waals surface area contributed by atoms with Crippen molar-refractivity contribution >= 4 is 0 Å². The molecule has 0 aromatic heterocycles. The number of ether oxygens (including phenoxy) is 1. The molecule has 2 fully saturated rings. The molecule has 2 heterocycles. The van der Waals surface area contributed by atoms with E-state index in [1.807, 2.05) is 0 Å². The molecule has 3 heteroatoms. The Hall–Kier alpha value is -0.120. The lowest BCUT2D eigenvalue weighted by molar-refractivity contribution is 0.0161. The van der Waals surface area contributed by atoms with Crippen LogP contribution in [0.15, 0.2) is 0 Å². The molecule has 19 heavy (non-hydrogen) atoms. The van der Waals surface area contributed by atoms with E-state index in [0.29, 0.717) is 0 Å². The van der Waals surface area contributed by atoms with E-state index in [-0.39, 0.29) is 0 Å². The summed E-state index contributed by atoms with van der Waals surface area (Å²) in [7, 11) is 0. The largest absolute Gasteiger partial charge is 0.381 e. The fourth-order valence-electron chi connectivity index (χ4n) is 3.89. The van der Waals surface area contributed by atoms with Crippen LogP contribution in [0.25, 0.3) is 0 Å². The van der Waals surface area contributed by atoms with Crippen LogP contribution < -0.4 is 5.32 Å². The minimum atomic E-state index is 0.771. The summed E-state index contributed by atoms with van der Waals surface area (Å²) >= 11 is 0. The first-order valence-corrected chi connectivity index (χ1v) is 8.42. The third-order valence-corrected chi connectivity index (χ3v) is 4.67. The maximum atomic E-state index is 5.62. The fraction of sp³-hybridized carbons (Fsp3) is 1.00. The van der Waals surface area contributed by atoms with Crippen LogP contribution in [0.3, 0.4) is 0 Å².